The third-order valence-corrected chi connectivity index (χ3v) is 3.94. The minimum Gasteiger partial charge on any atom is -0.484 e. The van der Waals surface area contributed by atoms with Crippen molar-refractivity contribution in [3.8, 4) is 17.2 Å². The van der Waals surface area contributed by atoms with E-state index in [-0.39, 0.29) is 12.5 Å². The van der Waals surface area contributed by atoms with E-state index in [1.54, 1.807) is 36.4 Å². The first-order valence-corrected chi connectivity index (χ1v) is 7.98. The lowest BCUT2D eigenvalue weighted by molar-refractivity contribution is -0.118. The van der Waals surface area contributed by atoms with Gasteiger partial charge in [0.1, 0.15) is 5.75 Å². The molecule has 1 heterocycles. The van der Waals surface area contributed by atoms with Gasteiger partial charge in [-0.3, -0.25) is 4.79 Å². The monoisotopic (exact) mass is 367 g/mol. The summed E-state index contributed by atoms with van der Waals surface area (Å²) >= 11 is 11.7. The Balaban J connectivity index is 1.59. The van der Waals surface area contributed by atoms with Gasteiger partial charge in [-0.25, -0.2) is 0 Å². The number of halogens is 2. The Morgan fingerprint density at radius 2 is 1.83 bits per heavy atom. The third-order valence-electron chi connectivity index (χ3n) is 3.20. The molecule has 0 aliphatic carbocycles. The average Bonchev–Trinajstić information content (AvgIpc) is 2.81. The van der Waals surface area contributed by atoms with Crippen molar-refractivity contribution < 1.29 is 19.0 Å². The van der Waals surface area contributed by atoms with Crippen molar-refractivity contribution in [2.45, 2.75) is 19.6 Å². The molecule has 0 radical (unpaired) electrons. The zero-order chi connectivity index (χ0) is 17.3. The number of anilines is 1. The van der Waals surface area contributed by atoms with Gasteiger partial charge in [-0.2, -0.15) is 0 Å². The highest BCUT2D eigenvalue weighted by atomic mass is 35.5. The van der Waals surface area contributed by atoms with Gasteiger partial charge in [0.15, 0.2) is 18.1 Å². The number of amides is 1. The number of fused-ring (bicyclic) bond motifs is 1. The third kappa shape index (κ3) is 3.86. The van der Waals surface area contributed by atoms with Crippen LogP contribution in [0.15, 0.2) is 36.4 Å². The fourth-order valence-electron chi connectivity index (χ4n) is 2.21. The molecule has 1 aliphatic rings. The second-order valence-corrected chi connectivity index (χ2v) is 6.49. The van der Waals surface area contributed by atoms with Crippen LogP contribution in [0.5, 0.6) is 17.2 Å². The zero-order valence-corrected chi connectivity index (χ0v) is 14.6. The average molecular weight is 368 g/mol. The van der Waals surface area contributed by atoms with Gasteiger partial charge in [0, 0.05) is 31.7 Å². The van der Waals surface area contributed by atoms with Crippen LogP contribution >= 0.6 is 23.2 Å². The molecule has 0 saturated heterocycles. The van der Waals surface area contributed by atoms with Crippen LogP contribution in [-0.4, -0.2) is 18.3 Å². The van der Waals surface area contributed by atoms with Crippen LogP contribution in [0.2, 0.25) is 10.0 Å². The molecule has 0 bridgehead atoms. The fraction of sp³-hybridized carbons (Fsp3) is 0.235. The molecule has 2 aromatic carbocycles. The van der Waals surface area contributed by atoms with E-state index in [9.17, 15) is 4.79 Å². The summed E-state index contributed by atoms with van der Waals surface area (Å²) in [5, 5.41) is 3.53. The highest BCUT2D eigenvalue weighted by Crippen LogP contribution is 2.40. The number of carbonyl (C=O) groups is 1. The highest BCUT2D eigenvalue weighted by Gasteiger charge is 2.31. The van der Waals surface area contributed by atoms with Crippen molar-refractivity contribution in [2.75, 3.05) is 11.9 Å². The molecule has 1 aliphatic heterocycles. The Labute approximate surface area is 149 Å². The number of ether oxygens (including phenoxy) is 3. The fourth-order valence-corrected chi connectivity index (χ4v) is 2.50. The maximum absolute atomic E-state index is 12.0. The topological polar surface area (TPSA) is 56.8 Å². The van der Waals surface area contributed by atoms with Gasteiger partial charge in [0.05, 0.1) is 10.0 Å². The predicted molar refractivity (Wildman–Crippen MR) is 92.4 cm³/mol. The Morgan fingerprint density at radius 1 is 1.08 bits per heavy atom. The van der Waals surface area contributed by atoms with Gasteiger partial charge >= 0.3 is 0 Å². The first-order chi connectivity index (χ1) is 11.3. The van der Waals surface area contributed by atoms with Gasteiger partial charge in [-0.05, 0) is 24.3 Å². The SMILES string of the molecule is CC1(C)Oc2ccc(NC(=O)COc3ccc(Cl)c(Cl)c3)cc2O1. The highest BCUT2D eigenvalue weighted by molar-refractivity contribution is 6.42. The van der Waals surface area contributed by atoms with E-state index in [1.165, 1.54) is 0 Å². The Bertz CT molecular complexity index is 792. The molecular weight excluding hydrogens is 353 g/mol. The zero-order valence-electron chi connectivity index (χ0n) is 13.1. The summed E-state index contributed by atoms with van der Waals surface area (Å²) in [6.07, 6.45) is 0. The minimum atomic E-state index is -0.706. The standard InChI is InChI=1S/C17H15Cl2NO4/c1-17(2)23-14-6-3-10(7-15(14)24-17)20-16(21)9-22-11-4-5-12(18)13(19)8-11/h3-8H,9H2,1-2H3,(H,20,21). The smallest absolute Gasteiger partial charge is 0.262 e. The molecule has 3 rings (SSSR count). The summed E-state index contributed by atoms with van der Waals surface area (Å²) in [7, 11) is 0. The molecule has 0 unspecified atom stereocenters. The molecule has 0 spiro atoms. The Hall–Kier alpha value is -2.11. The van der Waals surface area contributed by atoms with Gasteiger partial charge < -0.3 is 19.5 Å². The summed E-state index contributed by atoms with van der Waals surface area (Å²) < 4.78 is 16.6. The summed E-state index contributed by atoms with van der Waals surface area (Å²) in [4.78, 5) is 12.0. The van der Waals surface area contributed by atoms with Crippen LogP contribution in [0.25, 0.3) is 0 Å². The van der Waals surface area contributed by atoms with Gasteiger partial charge in [-0.15, -0.1) is 0 Å². The van der Waals surface area contributed by atoms with E-state index in [4.69, 9.17) is 37.4 Å². The van der Waals surface area contributed by atoms with Crippen molar-refractivity contribution in [2.24, 2.45) is 0 Å². The molecule has 0 fully saturated rings. The molecule has 0 aromatic heterocycles. The summed E-state index contributed by atoms with van der Waals surface area (Å²) in [6.45, 7) is 3.48. The van der Waals surface area contributed by atoms with E-state index in [0.29, 0.717) is 33.0 Å². The molecule has 0 atom stereocenters. The molecule has 5 nitrogen and oxygen atoms in total. The quantitative estimate of drug-likeness (QED) is 0.862. The van der Waals surface area contributed by atoms with Crippen molar-refractivity contribution in [3.63, 3.8) is 0 Å². The minimum absolute atomic E-state index is 0.155. The molecular formula is C17H15Cl2NO4. The number of hydrogen-bond donors (Lipinski definition) is 1. The van der Waals surface area contributed by atoms with E-state index in [1.807, 2.05) is 13.8 Å². The van der Waals surface area contributed by atoms with Crippen LogP contribution in [0.3, 0.4) is 0 Å². The van der Waals surface area contributed by atoms with Crippen LogP contribution in [-0.2, 0) is 4.79 Å². The summed E-state index contributed by atoms with van der Waals surface area (Å²) in [5.41, 5.74) is 0.595. The normalized spacial score (nSPS) is 14.3. The number of rotatable bonds is 4. The summed E-state index contributed by atoms with van der Waals surface area (Å²) in [5.74, 6) is 0.682. The van der Waals surface area contributed by atoms with Crippen molar-refractivity contribution in [3.05, 3.63) is 46.4 Å². The number of carbonyl (C=O) groups excluding carboxylic acids is 1. The second-order valence-electron chi connectivity index (χ2n) is 5.68. The lowest BCUT2D eigenvalue weighted by atomic mass is 10.3. The van der Waals surface area contributed by atoms with Crippen LogP contribution < -0.4 is 19.5 Å². The molecule has 2 aromatic rings. The van der Waals surface area contributed by atoms with E-state index < -0.39 is 5.79 Å². The lowest BCUT2D eigenvalue weighted by Crippen LogP contribution is -2.29. The van der Waals surface area contributed by atoms with Gasteiger partial charge in [0.2, 0.25) is 5.79 Å². The van der Waals surface area contributed by atoms with Crippen LogP contribution in [0.1, 0.15) is 13.8 Å². The van der Waals surface area contributed by atoms with Gasteiger partial charge in [0.25, 0.3) is 5.91 Å². The Morgan fingerprint density at radius 3 is 2.58 bits per heavy atom. The van der Waals surface area contributed by atoms with Crippen molar-refractivity contribution in [1.82, 2.24) is 0 Å². The molecule has 1 N–H and O–H groups in total. The number of benzene rings is 2. The predicted octanol–water partition coefficient (Wildman–Crippen LogP) is 4.52. The summed E-state index contributed by atoms with van der Waals surface area (Å²) in [6, 6.07) is 10.0. The van der Waals surface area contributed by atoms with Crippen molar-refractivity contribution >= 4 is 34.8 Å². The Kier molecular flexibility index (Phi) is 4.47. The van der Waals surface area contributed by atoms with Crippen molar-refractivity contribution in [1.29, 1.82) is 0 Å². The molecule has 0 saturated carbocycles. The lowest BCUT2D eigenvalue weighted by Gasteiger charge is -2.16. The first-order valence-electron chi connectivity index (χ1n) is 7.22. The van der Waals surface area contributed by atoms with E-state index in [2.05, 4.69) is 5.32 Å². The molecule has 126 valence electrons. The molecule has 1 amide bonds. The second kappa shape index (κ2) is 6.42. The number of nitrogens with one attached hydrogen (secondary N) is 1. The van der Waals surface area contributed by atoms with E-state index in [0.717, 1.165) is 0 Å². The maximum atomic E-state index is 12.0. The first kappa shape index (κ1) is 16.7. The molecule has 7 heteroatoms. The largest absolute Gasteiger partial charge is 0.484 e. The van der Waals surface area contributed by atoms with Crippen LogP contribution in [0.4, 0.5) is 5.69 Å². The van der Waals surface area contributed by atoms with Gasteiger partial charge in [-0.1, -0.05) is 23.2 Å². The number of hydrogen-bond acceptors (Lipinski definition) is 4. The molecule has 24 heavy (non-hydrogen) atoms. The maximum Gasteiger partial charge on any atom is 0.262 e. The van der Waals surface area contributed by atoms with Crippen LogP contribution in [0, 0.1) is 0 Å². The van der Waals surface area contributed by atoms with E-state index >= 15 is 0 Å².